The lowest BCUT2D eigenvalue weighted by Crippen LogP contribution is -2.17. The van der Waals surface area contributed by atoms with Crippen molar-refractivity contribution < 1.29 is 27.8 Å². The molecule has 0 spiro atoms. The molecule has 0 fully saturated rings. The summed E-state index contributed by atoms with van der Waals surface area (Å²) >= 11 is 1.42. The Morgan fingerprint density at radius 3 is 2.42 bits per heavy atom. The van der Waals surface area contributed by atoms with Crippen LogP contribution < -0.4 is 4.74 Å². The van der Waals surface area contributed by atoms with Crippen LogP contribution in [0.4, 0.5) is 13.2 Å². The molecule has 1 N–H and O–H groups in total. The van der Waals surface area contributed by atoms with Crippen molar-refractivity contribution >= 4 is 17.7 Å². The molecule has 7 heteroatoms. The number of benzene rings is 1. The maximum Gasteiger partial charge on any atom is 0.573 e. The van der Waals surface area contributed by atoms with Crippen LogP contribution in [-0.2, 0) is 10.5 Å². The van der Waals surface area contributed by atoms with E-state index in [4.69, 9.17) is 5.11 Å². The minimum Gasteiger partial charge on any atom is -0.481 e. The Labute approximate surface area is 112 Å². The van der Waals surface area contributed by atoms with Gasteiger partial charge in [-0.05, 0) is 17.7 Å². The van der Waals surface area contributed by atoms with Gasteiger partial charge in [0, 0.05) is 11.5 Å². The summed E-state index contributed by atoms with van der Waals surface area (Å²) in [7, 11) is 0. The van der Waals surface area contributed by atoms with Crippen molar-refractivity contribution in [3.05, 3.63) is 29.8 Å². The van der Waals surface area contributed by atoms with E-state index in [1.54, 1.807) is 6.92 Å². The highest BCUT2D eigenvalue weighted by Gasteiger charge is 2.30. The molecule has 0 aliphatic heterocycles. The fourth-order valence-electron chi connectivity index (χ4n) is 1.21. The zero-order valence-corrected chi connectivity index (χ0v) is 10.9. The molecule has 19 heavy (non-hydrogen) atoms. The van der Waals surface area contributed by atoms with Crippen LogP contribution in [0.3, 0.4) is 0 Å². The predicted molar refractivity (Wildman–Crippen MR) is 66.1 cm³/mol. The first kappa shape index (κ1) is 15.7. The average Bonchev–Trinajstić information content (AvgIpc) is 2.29. The second-order valence-corrected chi connectivity index (χ2v) is 4.98. The van der Waals surface area contributed by atoms with Crippen molar-refractivity contribution in [1.82, 2.24) is 0 Å². The Hall–Kier alpha value is -1.37. The van der Waals surface area contributed by atoms with Crippen molar-refractivity contribution in [2.24, 2.45) is 5.92 Å². The quantitative estimate of drug-likeness (QED) is 0.871. The molecule has 0 aromatic heterocycles. The molecule has 106 valence electrons. The van der Waals surface area contributed by atoms with Gasteiger partial charge in [0.15, 0.2) is 0 Å². The Kier molecular flexibility index (Phi) is 5.53. The number of carboxylic acid groups (broad SMARTS) is 1. The molecule has 0 bridgehead atoms. The van der Waals surface area contributed by atoms with E-state index >= 15 is 0 Å². The van der Waals surface area contributed by atoms with Gasteiger partial charge in [-0.25, -0.2) is 0 Å². The van der Waals surface area contributed by atoms with Crippen molar-refractivity contribution in [2.45, 2.75) is 19.0 Å². The SMILES string of the molecule is CC(CSCc1ccc(OC(F)(F)F)cc1)C(=O)O. The van der Waals surface area contributed by atoms with Crippen LogP contribution >= 0.6 is 11.8 Å². The lowest BCUT2D eigenvalue weighted by Gasteiger charge is -2.09. The number of hydrogen-bond acceptors (Lipinski definition) is 3. The molecular weight excluding hydrogens is 281 g/mol. The number of halogens is 3. The summed E-state index contributed by atoms with van der Waals surface area (Å²) < 4.78 is 39.5. The van der Waals surface area contributed by atoms with E-state index < -0.39 is 18.2 Å². The molecule has 1 aromatic carbocycles. The second kappa shape index (κ2) is 6.70. The first-order valence-corrected chi connectivity index (χ1v) is 6.58. The van der Waals surface area contributed by atoms with E-state index in [2.05, 4.69) is 4.74 Å². The summed E-state index contributed by atoms with van der Waals surface area (Å²) in [5.41, 5.74) is 0.817. The highest BCUT2D eigenvalue weighted by atomic mass is 32.2. The zero-order valence-electron chi connectivity index (χ0n) is 10.1. The fourth-order valence-corrected chi connectivity index (χ4v) is 2.25. The first-order chi connectivity index (χ1) is 8.78. The third-order valence-corrected chi connectivity index (χ3v) is 3.49. The predicted octanol–water partition coefficient (Wildman–Crippen LogP) is 3.54. The highest BCUT2D eigenvalue weighted by molar-refractivity contribution is 7.98. The number of carbonyl (C=O) groups is 1. The Morgan fingerprint density at radius 2 is 1.95 bits per heavy atom. The molecule has 1 atom stereocenters. The minimum absolute atomic E-state index is 0.264. The molecular formula is C12H13F3O3S. The van der Waals surface area contributed by atoms with Crippen molar-refractivity contribution in [3.8, 4) is 5.75 Å². The largest absolute Gasteiger partial charge is 0.573 e. The van der Waals surface area contributed by atoms with Gasteiger partial charge in [0.2, 0.25) is 0 Å². The molecule has 0 saturated carbocycles. The van der Waals surface area contributed by atoms with Crippen LogP contribution in [0.5, 0.6) is 5.75 Å². The van der Waals surface area contributed by atoms with E-state index in [1.807, 2.05) is 0 Å². The van der Waals surface area contributed by atoms with E-state index in [0.29, 0.717) is 11.5 Å². The van der Waals surface area contributed by atoms with Gasteiger partial charge in [0.05, 0.1) is 5.92 Å². The number of ether oxygens (including phenoxy) is 1. The number of rotatable bonds is 6. The van der Waals surface area contributed by atoms with Gasteiger partial charge < -0.3 is 9.84 Å². The third-order valence-electron chi connectivity index (χ3n) is 2.22. The van der Waals surface area contributed by atoms with Crippen molar-refractivity contribution in [2.75, 3.05) is 5.75 Å². The number of hydrogen-bond donors (Lipinski definition) is 1. The highest BCUT2D eigenvalue weighted by Crippen LogP contribution is 2.24. The summed E-state index contributed by atoms with van der Waals surface area (Å²) in [5, 5.41) is 8.69. The molecule has 0 aliphatic rings. The van der Waals surface area contributed by atoms with Crippen LogP contribution in [0.15, 0.2) is 24.3 Å². The molecule has 0 saturated heterocycles. The summed E-state index contributed by atoms with van der Waals surface area (Å²) in [5.74, 6) is -0.570. The third kappa shape index (κ3) is 6.37. The zero-order chi connectivity index (χ0) is 14.5. The molecule has 0 aliphatic carbocycles. The lowest BCUT2D eigenvalue weighted by atomic mass is 10.2. The van der Waals surface area contributed by atoms with Crippen molar-refractivity contribution in [3.63, 3.8) is 0 Å². The van der Waals surface area contributed by atoms with Gasteiger partial charge in [0.1, 0.15) is 5.75 Å². The van der Waals surface area contributed by atoms with E-state index in [1.165, 1.54) is 36.0 Å². The van der Waals surface area contributed by atoms with Gasteiger partial charge in [-0.3, -0.25) is 4.79 Å². The monoisotopic (exact) mass is 294 g/mol. The van der Waals surface area contributed by atoms with Gasteiger partial charge in [-0.2, -0.15) is 11.8 Å². The summed E-state index contributed by atoms with van der Waals surface area (Å²) in [4.78, 5) is 10.6. The van der Waals surface area contributed by atoms with E-state index in [0.717, 1.165) is 5.56 Å². The molecule has 3 nitrogen and oxygen atoms in total. The molecule has 0 heterocycles. The van der Waals surface area contributed by atoms with Crippen LogP contribution in [0.1, 0.15) is 12.5 Å². The van der Waals surface area contributed by atoms with Gasteiger partial charge >= 0.3 is 12.3 Å². The maximum absolute atomic E-state index is 11.9. The van der Waals surface area contributed by atoms with Crippen LogP contribution in [0.2, 0.25) is 0 Å². The molecule has 1 unspecified atom stereocenters. The van der Waals surface area contributed by atoms with E-state index in [-0.39, 0.29) is 5.75 Å². The molecule has 1 aromatic rings. The Morgan fingerprint density at radius 1 is 1.37 bits per heavy atom. The summed E-state index contributed by atoms with van der Waals surface area (Å²) in [6.45, 7) is 1.61. The smallest absolute Gasteiger partial charge is 0.481 e. The lowest BCUT2D eigenvalue weighted by molar-refractivity contribution is -0.274. The van der Waals surface area contributed by atoms with Gasteiger partial charge in [0.25, 0.3) is 0 Å². The summed E-state index contributed by atoms with van der Waals surface area (Å²) in [6.07, 6.45) is -4.69. The first-order valence-electron chi connectivity index (χ1n) is 5.43. The topological polar surface area (TPSA) is 46.5 Å². The Bertz CT molecular complexity index is 417. The molecule has 1 rings (SSSR count). The number of aliphatic carboxylic acids is 1. The van der Waals surface area contributed by atoms with Gasteiger partial charge in [-0.15, -0.1) is 13.2 Å². The molecule has 0 radical (unpaired) electrons. The number of carboxylic acids is 1. The van der Waals surface area contributed by atoms with Crippen LogP contribution in [0, 0.1) is 5.92 Å². The standard InChI is InChI=1S/C12H13F3O3S/c1-8(11(16)17)6-19-7-9-2-4-10(5-3-9)18-12(13,14)15/h2-5,8H,6-7H2,1H3,(H,16,17). The minimum atomic E-state index is -4.69. The maximum atomic E-state index is 11.9. The van der Waals surface area contributed by atoms with Crippen molar-refractivity contribution in [1.29, 1.82) is 0 Å². The normalized spacial score (nSPS) is 13.1. The fraction of sp³-hybridized carbons (Fsp3) is 0.417. The number of alkyl halides is 3. The van der Waals surface area contributed by atoms with E-state index in [9.17, 15) is 18.0 Å². The Balaban J connectivity index is 2.42. The number of thioether (sulfide) groups is 1. The van der Waals surface area contributed by atoms with Gasteiger partial charge in [-0.1, -0.05) is 19.1 Å². The summed E-state index contributed by atoms with van der Waals surface area (Å²) in [6, 6.07) is 5.53. The van der Waals surface area contributed by atoms with Crippen LogP contribution in [-0.4, -0.2) is 23.2 Å². The molecule has 0 amide bonds. The average molecular weight is 294 g/mol. The van der Waals surface area contributed by atoms with Crippen LogP contribution in [0.25, 0.3) is 0 Å². The second-order valence-electron chi connectivity index (χ2n) is 3.95.